The fourth-order valence-electron chi connectivity index (χ4n) is 1.59. The van der Waals surface area contributed by atoms with Crippen molar-refractivity contribution < 1.29 is 9.53 Å². The first-order valence-electron chi connectivity index (χ1n) is 4.66. The summed E-state index contributed by atoms with van der Waals surface area (Å²) in [7, 11) is 3.90. The third kappa shape index (κ3) is 2.04. The third-order valence-electron chi connectivity index (χ3n) is 2.28. The number of Topliss-reactive ketones (excluding diaryl/α,β-unsaturated/α-hetero) is 1. The SMILES string of the molecule is CC(=O)C1=C(C)OC(N(C)C)C(C)=C1. The second-order valence-corrected chi connectivity index (χ2v) is 3.85. The molecule has 0 fully saturated rings. The molecule has 78 valence electrons. The first-order valence-corrected chi connectivity index (χ1v) is 4.66. The van der Waals surface area contributed by atoms with E-state index in [1.807, 2.05) is 38.9 Å². The first kappa shape index (κ1) is 11.0. The molecular formula is C11H17NO2. The molecule has 0 aromatic carbocycles. The molecule has 0 aliphatic carbocycles. The van der Waals surface area contributed by atoms with Gasteiger partial charge in [0.25, 0.3) is 0 Å². The summed E-state index contributed by atoms with van der Waals surface area (Å²) in [6, 6.07) is 0. The smallest absolute Gasteiger partial charge is 0.174 e. The molecule has 0 aromatic heterocycles. The minimum absolute atomic E-state index is 0.0434. The van der Waals surface area contributed by atoms with Crippen LogP contribution in [-0.4, -0.2) is 31.0 Å². The van der Waals surface area contributed by atoms with Crippen molar-refractivity contribution in [2.24, 2.45) is 0 Å². The molecule has 0 bridgehead atoms. The van der Waals surface area contributed by atoms with Crippen LogP contribution in [0.2, 0.25) is 0 Å². The van der Waals surface area contributed by atoms with Gasteiger partial charge in [-0.2, -0.15) is 0 Å². The summed E-state index contributed by atoms with van der Waals surface area (Å²) in [6.07, 6.45) is 1.87. The van der Waals surface area contributed by atoms with Gasteiger partial charge in [-0.05, 0) is 46.5 Å². The highest BCUT2D eigenvalue weighted by Crippen LogP contribution is 2.24. The van der Waals surface area contributed by atoms with E-state index in [2.05, 4.69) is 0 Å². The number of hydrogen-bond donors (Lipinski definition) is 0. The number of allylic oxidation sites excluding steroid dienone is 3. The maximum absolute atomic E-state index is 11.2. The molecular weight excluding hydrogens is 178 g/mol. The van der Waals surface area contributed by atoms with Gasteiger partial charge in [0.15, 0.2) is 12.0 Å². The Morgan fingerprint density at radius 3 is 2.43 bits per heavy atom. The first-order chi connectivity index (χ1) is 6.43. The molecule has 0 amide bonds. The van der Waals surface area contributed by atoms with Crippen molar-refractivity contribution >= 4 is 5.78 Å². The Balaban J connectivity index is 2.98. The molecule has 0 spiro atoms. The minimum Gasteiger partial charge on any atom is -0.475 e. The summed E-state index contributed by atoms with van der Waals surface area (Å²) < 4.78 is 5.65. The standard InChI is InChI=1S/C11H17NO2/c1-7-6-10(8(2)13)9(3)14-11(7)12(4)5/h6,11H,1-5H3. The fraction of sp³-hybridized carbons (Fsp3) is 0.545. The van der Waals surface area contributed by atoms with E-state index in [0.29, 0.717) is 11.3 Å². The van der Waals surface area contributed by atoms with Crippen molar-refractivity contribution in [1.29, 1.82) is 0 Å². The number of carbonyl (C=O) groups excluding carboxylic acids is 1. The molecule has 3 nitrogen and oxygen atoms in total. The van der Waals surface area contributed by atoms with Crippen LogP contribution in [0.3, 0.4) is 0 Å². The summed E-state index contributed by atoms with van der Waals surface area (Å²) in [6.45, 7) is 5.36. The quantitative estimate of drug-likeness (QED) is 0.672. The Hall–Kier alpha value is -1.09. The zero-order chi connectivity index (χ0) is 10.9. The van der Waals surface area contributed by atoms with Gasteiger partial charge >= 0.3 is 0 Å². The van der Waals surface area contributed by atoms with Crippen molar-refractivity contribution in [3.8, 4) is 0 Å². The molecule has 0 N–H and O–H groups in total. The largest absolute Gasteiger partial charge is 0.475 e. The van der Waals surface area contributed by atoms with Gasteiger partial charge in [0.05, 0.1) is 5.57 Å². The van der Waals surface area contributed by atoms with Crippen LogP contribution in [0.4, 0.5) is 0 Å². The lowest BCUT2D eigenvalue weighted by Gasteiger charge is -2.30. The van der Waals surface area contributed by atoms with Crippen LogP contribution >= 0.6 is 0 Å². The van der Waals surface area contributed by atoms with Gasteiger partial charge < -0.3 is 4.74 Å². The summed E-state index contributed by atoms with van der Waals surface area (Å²) in [5.74, 6) is 0.765. The molecule has 0 saturated heterocycles. The number of carbonyl (C=O) groups is 1. The number of nitrogens with zero attached hydrogens (tertiary/aromatic N) is 1. The van der Waals surface area contributed by atoms with Crippen LogP contribution in [0.1, 0.15) is 20.8 Å². The second-order valence-electron chi connectivity index (χ2n) is 3.85. The molecule has 0 radical (unpaired) electrons. The van der Waals surface area contributed by atoms with E-state index in [4.69, 9.17) is 4.74 Å². The lowest BCUT2D eigenvalue weighted by molar-refractivity contribution is -0.113. The highest BCUT2D eigenvalue weighted by molar-refractivity contribution is 5.96. The number of ketones is 1. The molecule has 1 aliphatic heterocycles. The third-order valence-corrected chi connectivity index (χ3v) is 2.28. The number of likely N-dealkylation sites (N-methyl/N-ethyl adjacent to an activating group) is 1. The molecule has 1 rings (SSSR count). The number of rotatable bonds is 2. The van der Waals surface area contributed by atoms with E-state index >= 15 is 0 Å². The second kappa shape index (κ2) is 3.96. The monoisotopic (exact) mass is 195 g/mol. The van der Waals surface area contributed by atoms with E-state index in [-0.39, 0.29) is 12.0 Å². The zero-order valence-corrected chi connectivity index (χ0v) is 9.42. The van der Waals surface area contributed by atoms with Gasteiger partial charge in [-0.1, -0.05) is 0 Å². The van der Waals surface area contributed by atoms with Crippen molar-refractivity contribution in [3.63, 3.8) is 0 Å². The van der Waals surface area contributed by atoms with Gasteiger partial charge in [0.2, 0.25) is 0 Å². The maximum atomic E-state index is 11.2. The van der Waals surface area contributed by atoms with Gasteiger partial charge in [-0.25, -0.2) is 0 Å². The Bertz CT molecular complexity index is 313. The van der Waals surface area contributed by atoms with Crippen LogP contribution in [-0.2, 0) is 9.53 Å². The predicted molar refractivity (Wildman–Crippen MR) is 55.7 cm³/mol. The highest BCUT2D eigenvalue weighted by Gasteiger charge is 2.22. The van der Waals surface area contributed by atoms with Crippen molar-refractivity contribution in [2.75, 3.05) is 14.1 Å². The summed E-state index contributed by atoms with van der Waals surface area (Å²) in [5.41, 5.74) is 1.74. The number of ether oxygens (including phenoxy) is 1. The zero-order valence-electron chi connectivity index (χ0n) is 9.42. The summed E-state index contributed by atoms with van der Waals surface area (Å²) in [4.78, 5) is 13.2. The van der Waals surface area contributed by atoms with Gasteiger partial charge in [-0.15, -0.1) is 0 Å². The maximum Gasteiger partial charge on any atom is 0.174 e. The Morgan fingerprint density at radius 2 is 2.00 bits per heavy atom. The molecule has 14 heavy (non-hydrogen) atoms. The topological polar surface area (TPSA) is 29.5 Å². The van der Waals surface area contributed by atoms with Crippen LogP contribution in [0.25, 0.3) is 0 Å². The van der Waals surface area contributed by atoms with E-state index in [9.17, 15) is 4.79 Å². The van der Waals surface area contributed by atoms with Gasteiger partial charge in [0, 0.05) is 0 Å². The summed E-state index contributed by atoms with van der Waals surface area (Å²) >= 11 is 0. The normalized spacial score (nSPS) is 22.1. The van der Waals surface area contributed by atoms with Crippen LogP contribution < -0.4 is 0 Å². The van der Waals surface area contributed by atoms with E-state index in [0.717, 1.165) is 5.57 Å². The number of hydrogen-bond acceptors (Lipinski definition) is 3. The van der Waals surface area contributed by atoms with Crippen LogP contribution in [0, 0.1) is 0 Å². The lowest BCUT2D eigenvalue weighted by Crippen LogP contribution is -2.33. The molecule has 0 aromatic rings. The Kier molecular flexibility index (Phi) is 3.11. The van der Waals surface area contributed by atoms with Crippen molar-refractivity contribution in [1.82, 2.24) is 4.90 Å². The Morgan fingerprint density at radius 1 is 1.43 bits per heavy atom. The molecule has 1 aliphatic rings. The minimum atomic E-state index is -0.0434. The molecule has 1 heterocycles. The van der Waals surface area contributed by atoms with Crippen LogP contribution in [0.15, 0.2) is 23.0 Å². The predicted octanol–water partition coefficient (Wildman–Crippen LogP) is 1.71. The molecule has 1 unspecified atom stereocenters. The van der Waals surface area contributed by atoms with E-state index in [1.54, 1.807) is 6.92 Å². The Labute approximate surface area is 85.0 Å². The van der Waals surface area contributed by atoms with Crippen molar-refractivity contribution in [2.45, 2.75) is 27.0 Å². The highest BCUT2D eigenvalue weighted by atomic mass is 16.5. The average molecular weight is 195 g/mol. The van der Waals surface area contributed by atoms with E-state index < -0.39 is 0 Å². The lowest BCUT2D eigenvalue weighted by atomic mass is 10.0. The molecule has 3 heteroatoms. The molecule has 0 saturated carbocycles. The van der Waals surface area contributed by atoms with E-state index in [1.165, 1.54) is 0 Å². The fourth-order valence-corrected chi connectivity index (χ4v) is 1.59. The van der Waals surface area contributed by atoms with Gasteiger partial charge in [0.1, 0.15) is 5.76 Å². The molecule has 1 atom stereocenters. The van der Waals surface area contributed by atoms with Crippen LogP contribution in [0.5, 0.6) is 0 Å². The average Bonchev–Trinajstić information content (AvgIpc) is 2.07. The summed E-state index contributed by atoms with van der Waals surface area (Å²) in [5, 5.41) is 0. The van der Waals surface area contributed by atoms with Crippen molar-refractivity contribution in [3.05, 3.63) is 23.0 Å². The van der Waals surface area contributed by atoms with Gasteiger partial charge in [-0.3, -0.25) is 9.69 Å².